The first kappa shape index (κ1) is 11.0. The van der Waals surface area contributed by atoms with Gasteiger partial charge in [0.1, 0.15) is 0 Å². The van der Waals surface area contributed by atoms with Crippen molar-refractivity contribution >= 4 is 11.5 Å². The molecule has 15 heavy (non-hydrogen) atoms. The van der Waals surface area contributed by atoms with Crippen LogP contribution in [0.25, 0.3) is 0 Å². The van der Waals surface area contributed by atoms with Gasteiger partial charge in [-0.25, -0.2) is 0 Å². The number of aromatic nitrogens is 2. The van der Waals surface area contributed by atoms with E-state index in [1.165, 1.54) is 18.0 Å². The maximum atomic E-state index is 9.39. The van der Waals surface area contributed by atoms with E-state index in [9.17, 15) is 5.11 Å². The van der Waals surface area contributed by atoms with Crippen LogP contribution in [-0.4, -0.2) is 27.3 Å². The SMILES string of the molecule is CC1(CO)CCCC1NCc1csnn1. The van der Waals surface area contributed by atoms with Gasteiger partial charge in [0.25, 0.3) is 0 Å². The summed E-state index contributed by atoms with van der Waals surface area (Å²) in [5.41, 5.74) is 1.04. The van der Waals surface area contributed by atoms with Crippen molar-refractivity contribution in [2.75, 3.05) is 6.61 Å². The van der Waals surface area contributed by atoms with Gasteiger partial charge < -0.3 is 10.4 Å². The monoisotopic (exact) mass is 227 g/mol. The number of hydrogen-bond donors (Lipinski definition) is 2. The minimum Gasteiger partial charge on any atom is -0.396 e. The van der Waals surface area contributed by atoms with E-state index >= 15 is 0 Å². The second kappa shape index (κ2) is 4.55. The summed E-state index contributed by atoms with van der Waals surface area (Å²) in [6, 6.07) is 0.407. The van der Waals surface area contributed by atoms with Gasteiger partial charge in [-0.3, -0.25) is 0 Å². The summed E-state index contributed by atoms with van der Waals surface area (Å²) < 4.78 is 3.83. The van der Waals surface area contributed by atoms with Crippen molar-refractivity contribution in [2.45, 2.75) is 38.8 Å². The smallest absolute Gasteiger partial charge is 0.0893 e. The second-order valence-corrected chi connectivity index (χ2v) is 5.14. The fourth-order valence-electron chi connectivity index (χ4n) is 2.26. The number of nitrogens with zero attached hydrogens (tertiary/aromatic N) is 2. The lowest BCUT2D eigenvalue weighted by Gasteiger charge is -2.30. The van der Waals surface area contributed by atoms with E-state index < -0.39 is 0 Å². The fraction of sp³-hybridized carbons (Fsp3) is 0.800. The highest BCUT2D eigenvalue weighted by molar-refractivity contribution is 7.03. The number of aliphatic hydroxyl groups is 1. The van der Waals surface area contributed by atoms with Crippen LogP contribution in [0.2, 0.25) is 0 Å². The van der Waals surface area contributed by atoms with E-state index in [2.05, 4.69) is 21.8 Å². The Morgan fingerprint density at radius 1 is 1.73 bits per heavy atom. The van der Waals surface area contributed by atoms with E-state index in [1.807, 2.05) is 5.38 Å². The third-order valence-corrected chi connectivity index (χ3v) is 3.93. The molecule has 1 aliphatic rings. The van der Waals surface area contributed by atoms with Gasteiger partial charge in [-0.05, 0) is 24.4 Å². The van der Waals surface area contributed by atoms with E-state index in [0.717, 1.165) is 25.1 Å². The summed E-state index contributed by atoms with van der Waals surface area (Å²) in [6.07, 6.45) is 3.45. The molecule has 4 nitrogen and oxygen atoms in total. The summed E-state index contributed by atoms with van der Waals surface area (Å²) in [5.74, 6) is 0. The third kappa shape index (κ3) is 2.35. The molecule has 2 N–H and O–H groups in total. The summed E-state index contributed by atoms with van der Waals surface area (Å²) in [7, 11) is 0. The summed E-state index contributed by atoms with van der Waals surface area (Å²) >= 11 is 1.38. The summed E-state index contributed by atoms with van der Waals surface area (Å²) in [6.45, 7) is 3.17. The van der Waals surface area contributed by atoms with Crippen LogP contribution in [0.3, 0.4) is 0 Å². The van der Waals surface area contributed by atoms with Gasteiger partial charge in [-0.1, -0.05) is 17.8 Å². The Hall–Kier alpha value is -0.520. The molecule has 0 saturated heterocycles. The first-order valence-electron chi connectivity index (χ1n) is 5.35. The van der Waals surface area contributed by atoms with Crippen LogP contribution >= 0.6 is 11.5 Å². The van der Waals surface area contributed by atoms with E-state index in [1.54, 1.807) is 0 Å². The quantitative estimate of drug-likeness (QED) is 0.811. The van der Waals surface area contributed by atoms with Crippen LogP contribution in [0.15, 0.2) is 5.38 Å². The van der Waals surface area contributed by atoms with Gasteiger partial charge in [0.05, 0.1) is 5.69 Å². The van der Waals surface area contributed by atoms with Crippen LogP contribution < -0.4 is 5.32 Å². The average molecular weight is 227 g/mol. The van der Waals surface area contributed by atoms with Crippen LogP contribution in [0.5, 0.6) is 0 Å². The molecule has 0 aliphatic heterocycles. The van der Waals surface area contributed by atoms with Crippen molar-refractivity contribution < 1.29 is 5.11 Å². The predicted molar refractivity (Wildman–Crippen MR) is 59.6 cm³/mol. The molecule has 2 rings (SSSR count). The molecule has 0 amide bonds. The lowest BCUT2D eigenvalue weighted by Crippen LogP contribution is -2.41. The van der Waals surface area contributed by atoms with Crippen molar-refractivity contribution in [1.82, 2.24) is 14.9 Å². The Kier molecular flexibility index (Phi) is 3.33. The highest BCUT2D eigenvalue weighted by atomic mass is 32.1. The summed E-state index contributed by atoms with van der Waals surface area (Å²) in [4.78, 5) is 0. The second-order valence-electron chi connectivity index (χ2n) is 4.53. The van der Waals surface area contributed by atoms with Crippen LogP contribution in [0, 0.1) is 5.41 Å². The van der Waals surface area contributed by atoms with Gasteiger partial charge in [0.15, 0.2) is 0 Å². The topological polar surface area (TPSA) is 58.0 Å². The summed E-state index contributed by atoms with van der Waals surface area (Å²) in [5, 5.41) is 18.8. The molecule has 0 radical (unpaired) electrons. The third-order valence-electron chi connectivity index (χ3n) is 3.38. The number of nitrogens with one attached hydrogen (secondary N) is 1. The van der Waals surface area contributed by atoms with Crippen molar-refractivity contribution in [3.63, 3.8) is 0 Å². The van der Waals surface area contributed by atoms with Crippen molar-refractivity contribution in [3.8, 4) is 0 Å². The highest BCUT2D eigenvalue weighted by Crippen LogP contribution is 2.37. The minimum absolute atomic E-state index is 0.0451. The molecule has 2 atom stereocenters. The fourth-order valence-corrected chi connectivity index (χ4v) is 2.71. The first-order valence-corrected chi connectivity index (χ1v) is 6.18. The standard InChI is InChI=1S/C10H17N3OS/c1-10(7-14)4-2-3-9(10)11-5-8-6-15-13-12-8/h6,9,11,14H,2-5,7H2,1H3. The predicted octanol–water partition coefficient (Wildman–Crippen LogP) is 1.18. The minimum atomic E-state index is 0.0451. The molecule has 1 aromatic heterocycles. The maximum absolute atomic E-state index is 9.39. The lowest BCUT2D eigenvalue weighted by atomic mass is 9.86. The molecule has 5 heteroatoms. The number of aliphatic hydroxyl groups excluding tert-OH is 1. The van der Waals surface area contributed by atoms with E-state index in [4.69, 9.17) is 0 Å². The Bertz CT molecular complexity index is 304. The Balaban J connectivity index is 1.89. The number of rotatable bonds is 4. The molecular weight excluding hydrogens is 210 g/mol. The molecule has 1 aromatic rings. The maximum Gasteiger partial charge on any atom is 0.0893 e. The molecule has 1 heterocycles. The Labute approximate surface area is 93.9 Å². The molecule has 1 saturated carbocycles. The van der Waals surface area contributed by atoms with Gasteiger partial charge in [-0.2, -0.15) is 0 Å². The van der Waals surface area contributed by atoms with Gasteiger partial charge in [0, 0.05) is 30.0 Å². The highest BCUT2D eigenvalue weighted by Gasteiger charge is 2.37. The molecule has 2 unspecified atom stereocenters. The molecule has 84 valence electrons. The Morgan fingerprint density at radius 2 is 2.60 bits per heavy atom. The molecule has 0 bridgehead atoms. The van der Waals surface area contributed by atoms with Gasteiger partial charge >= 0.3 is 0 Å². The average Bonchev–Trinajstić information content (AvgIpc) is 2.85. The zero-order chi connectivity index (χ0) is 10.7. The molecule has 0 spiro atoms. The van der Waals surface area contributed by atoms with Crippen molar-refractivity contribution in [3.05, 3.63) is 11.1 Å². The molecular formula is C10H17N3OS. The molecule has 0 aromatic carbocycles. The van der Waals surface area contributed by atoms with Crippen LogP contribution in [0.4, 0.5) is 0 Å². The van der Waals surface area contributed by atoms with Gasteiger partial charge in [0.2, 0.25) is 0 Å². The normalized spacial score (nSPS) is 30.9. The van der Waals surface area contributed by atoms with Crippen molar-refractivity contribution in [1.29, 1.82) is 0 Å². The number of hydrogen-bond acceptors (Lipinski definition) is 5. The Morgan fingerprint density at radius 3 is 3.27 bits per heavy atom. The zero-order valence-electron chi connectivity index (χ0n) is 8.94. The first-order chi connectivity index (χ1) is 7.24. The van der Waals surface area contributed by atoms with E-state index in [0.29, 0.717) is 6.04 Å². The van der Waals surface area contributed by atoms with Crippen LogP contribution in [-0.2, 0) is 6.54 Å². The van der Waals surface area contributed by atoms with Crippen LogP contribution in [0.1, 0.15) is 31.9 Å². The largest absolute Gasteiger partial charge is 0.396 e. The zero-order valence-corrected chi connectivity index (χ0v) is 9.76. The lowest BCUT2D eigenvalue weighted by molar-refractivity contribution is 0.118. The van der Waals surface area contributed by atoms with Crippen molar-refractivity contribution in [2.24, 2.45) is 5.41 Å². The molecule has 1 aliphatic carbocycles. The van der Waals surface area contributed by atoms with E-state index in [-0.39, 0.29) is 12.0 Å². The molecule has 1 fully saturated rings. The van der Waals surface area contributed by atoms with Gasteiger partial charge in [-0.15, -0.1) is 5.10 Å².